The zero-order valence-corrected chi connectivity index (χ0v) is 13.3. The Morgan fingerprint density at radius 3 is 2.36 bits per heavy atom. The molecule has 2 aromatic carbocycles. The average Bonchev–Trinajstić information content (AvgIpc) is 2.62. The standard InChI is InChI=1S/C17H17N3O5/c21-16(19-25-12-13-4-2-1-3-5-13)10-11-18-17(22)14-6-8-15(9-7-14)20(23)24/h1-9H,10-12H2,(H,18,22)(H,19,21). The molecule has 0 atom stereocenters. The highest BCUT2D eigenvalue weighted by molar-refractivity contribution is 5.94. The van der Waals surface area contributed by atoms with Crippen LogP contribution in [0, 0.1) is 10.1 Å². The number of hydrogen-bond donors (Lipinski definition) is 2. The van der Waals surface area contributed by atoms with E-state index in [1.54, 1.807) is 0 Å². The van der Waals surface area contributed by atoms with Gasteiger partial charge >= 0.3 is 0 Å². The zero-order valence-electron chi connectivity index (χ0n) is 13.3. The monoisotopic (exact) mass is 343 g/mol. The number of benzene rings is 2. The number of amides is 2. The van der Waals surface area contributed by atoms with E-state index in [2.05, 4.69) is 10.8 Å². The van der Waals surface area contributed by atoms with E-state index < -0.39 is 10.8 Å². The van der Waals surface area contributed by atoms with Gasteiger partial charge in [0.05, 0.1) is 11.5 Å². The molecule has 2 aromatic rings. The van der Waals surface area contributed by atoms with Crippen molar-refractivity contribution in [1.82, 2.24) is 10.8 Å². The summed E-state index contributed by atoms with van der Waals surface area (Å²) in [6.07, 6.45) is 0.0491. The van der Waals surface area contributed by atoms with Crippen LogP contribution in [0.1, 0.15) is 22.3 Å². The Balaban J connectivity index is 1.66. The first-order chi connectivity index (χ1) is 12.1. The number of nitro benzene ring substituents is 1. The van der Waals surface area contributed by atoms with Crippen molar-refractivity contribution in [2.75, 3.05) is 6.54 Å². The molecule has 8 heteroatoms. The number of carbonyl (C=O) groups is 2. The van der Waals surface area contributed by atoms with Crippen molar-refractivity contribution in [3.05, 3.63) is 75.8 Å². The van der Waals surface area contributed by atoms with Crippen LogP contribution in [-0.4, -0.2) is 23.3 Å². The van der Waals surface area contributed by atoms with Crippen molar-refractivity contribution < 1.29 is 19.3 Å². The lowest BCUT2D eigenvalue weighted by atomic mass is 10.2. The molecule has 0 aliphatic heterocycles. The minimum Gasteiger partial charge on any atom is -0.352 e. The van der Waals surface area contributed by atoms with Gasteiger partial charge in [0.1, 0.15) is 0 Å². The van der Waals surface area contributed by atoms with Crippen LogP contribution in [0.25, 0.3) is 0 Å². The third-order valence-electron chi connectivity index (χ3n) is 3.25. The number of carbonyl (C=O) groups excluding carboxylic acids is 2. The third kappa shape index (κ3) is 6.04. The van der Waals surface area contributed by atoms with E-state index in [-0.39, 0.29) is 36.7 Å². The van der Waals surface area contributed by atoms with Crippen molar-refractivity contribution in [1.29, 1.82) is 0 Å². The Morgan fingerprint density at radius 1 is 1.04 bits per heavy atom. The predicted octanol–water partition coefficient (Wildman–Crippen LogP) is 1.96. The van der Waals surface area contributed by atoms with Crippen LogP contribution in [-0.2, 0) is 16.2 Å². The van der Waals surface area contributed by atoms with Crippen LogP contribution in [0.3, 0.4) is 0 Å². The highest BCUT2D eigenvalue weighted by Gasteiger charge is 2.09. The van der Waals surface area contributed by atoms with Crippen molar-refractivity contribution in [3.63, 3.8) is 0 Å². The summed E-state index contributed by atoms with van der Waals surface area (Å²) in [5.74, 6) is -0.771. The molecule has 0 fully saturated rings. The number of nitrogens with one attached hydrogen (secondary N) is 2. The first-order valence-electron chi connectivity index (χ1n) is 7.53. The summed E-state index contributed by atoms with van der Waals surface area (Å²) in [4.78, 5) is 38.6. The van der Waals surface area contributed by atoms with Crippen molar-refractivity contribution >= 4 is 17.5 Å². The van der Waals surface area contributed by atoms with Crippen LogP contribution in [0.15, 0.2) is 54.6 Å². The summed E-state index contributed by atoms with van der Waals surface area (Å²) < 4.78 is 0. The number of nitrogens with zero attached hydrogens (tertiary/aromatic N) is 1. The topological polar surface area (TPSA) is 111 Å². The molecule has 0 aromatic heterocycles. The molecule has 0 saturated carbocycles. The first kappa shape index (κ1) is 18.1. The van der Waals surface area contributed by atoms with Gasteiger partial charge in [0.2, 0.25) is 5.91 Å². The summed E-state index contributed by atoms with van der Waals surface area (Å²) >= 11 is 0. The maximum absolute atomic E-state index is 11.9. The fourth-order valence-electron chi connectivity index (χ4n) is 1.95. The van der Waals surface area contributed by atoms with Gasteiger partial charge in [0, 0.05) is 30.7 Å². The second-order valence-corrected chi connectivity index (χ2v) is 5.11. The van der Waals surface area contributed by atoms with Crippen molar-refractivity contribution in [3.8, 4) is 0 Å². The Hall–Kier alpha value is -3.26. The van der Waals surface area contributed by atoms with E-state index in [9.17, 15) is 19.7 Å². The van der Waals surface area contributed by atoms with Crippen LogP contribution in [0.4, 0.5) is 5.69 Å². The van der Waals surface area contributed by atoms with E-state index in [1.165, 1.54) is 24.3 Å². The smallest absolute Gasteiger partial charge is 0.269 e. The molecule has 0 aliphatic carbocycles. The van der Waals surface area contributed by atoms with E-state index in [1.807, 2.05) is 30.3 Å². The Labute approximate surface area is 143 Å². The van der Waals surface area contributed by atoms with Gasteiger partial charge in [0.25, 0.3) is 11.6 Å². The maximum atomic E-state index is 11.9. The van der Waals surface area contributed by atoms with Gasteiger partial charge in [-0.25, -0.2) is 5.48 Å². The van der Waals surface area contributed by atoms with Crippen molar-refractivity contribution in [2.24, 2.45) is 0 Å². The van der Waals surface area contributed by atoms with Crippen LogP contribution in [0.2, 0.25) is 0 Å². The number of hydrogen-bond acceptors (Lipinski definition) is 5. The molecule has 2 rings (SSSR count). The summed E-state index contributed by atoms with van der Waals surface area (Å²) in [6, 6.07) is 14.6. The van der Waals surface area contributed by atoms with E-state index in [0.717, 1.165) is 5.56 Å². The largest absolute Gasteiger partial charge is 0.352 e. The van der Waals surface area contributed by atoms with Crippen LogP contribution < -0.4 is 10.8 Å². The highest BCUT2D eigenvalue weighted by Crippen LogP contribution is 2.11. The quantitative estimate of drug-likeness (QED) is 0.562. The summed E-state index contributed by atoms with van der Waals surface area (Å²) in [5.41, 5.74) is 3.42. The lowest BCUT2D eigenvalue weighted by molar-refractivity contribution is -0.384. The number of rotatable bonds is 8. The van der Waals surface area contributed by atoms with Gasteiger partial charge in [-0.2, -0.15) is 0 Å². The molecular formula is C17H17N3O5. The molecule has 8 nitrogen and oxygen atoms in total. The second-order valence-electron chi connectivity index (χ2n) is 5.11. The fourth-order valence-corrected chi connectivity index (χ4v) is 1.95. The summed E-state index contributed by atoms with van der Waals surface area (Å²) in [5, 5.41) is 13.1. The molecular weight excluding hydrogens is 326 g/mol. The van der Waals surface area contributed by atoms with Crippen LogP contribution >= 0.6 is 0 Å². The van der Waals surface area contributed by atoms with Gasteiger partial charge < -0.3 is 5.32 Å². The van der Waals surface area contributed by atoms with Crippen molar-refractivity contribution in [2.45, 2.75) is 13.0 Å². The molecule has 0 radical (unpaired) electrons. The fraction of sp³-hybridized carbons (Fsp3) is 0.176. The molecule has 0 heterocycles. The Kier molecular flexibility index (Phi) is 6.61. The Bertz CT molecular complexity index is 732. The summed E-state index contributed by atoms with van der Waals surface area (Å²) in [7, 11) is 0. The predicted molar refractivity (Wildman–Crippen MR) is 89.4 cm³/mol. The SMILES string of the molecule is O=C(CCNC(=O)c1ccc([N+](=O)[O-])cc1)NOCc1ccccc1. The van der Waals surface area contributed by atoms with Gasteiger partial charge in [-0.05, 0) is 17.7 Å². The van der Waals surface area contributed by atoms with Crippen LogP contribution in [0.5, 0.6) is 0 Å². The molecule has 0 saturated heterocycles. The molecule has 0 aliphatic rings. The molecule has 0 bridgehead atoms. The number of hydroxylamine groups is 1. The van der Waals surface area contributed by atoms with Gasteiger partial charge in [-0.15, -0.1) is 0 Å². The molecule has 130 valence electrons. The molecule has 0 unspecified atom stereocenters. The van der Waals surface area contributed by atoms with E-state index in [0.29, 0.717) is 0 Å². The lowest BCUT2D eigenvalue weighted by Gasteiger charge is -2.07. The normalized spacial score (nSPS) is 10.1. The zero-order chi connectivity index (χ0) is 18.1. The average molecular weight is 343 g/mol. The van der Waals surface area contributed by atoms with Gasteiger partial charge in [-0.3, -0.25) is 24.5 Å². The molecule has 2 amide bonds. The molecule has 25 heavy (non-hydrogen) atoms. The maximum Gasteiger partial charge on any atom is 0.269 e. The molecule has 2 N–H and O–H groups in total. The summed E-state index contributed by atoms with van der Waals surface area (Å²) in [6.45, 7) is 0.373. The minimum absolute atomic E-state index is 0.0491. The van der Waals surface area contributed by atoms with E-state index >= 15 is 0 Å². The van der Waals surface area contributed by atoms with E-state index in [4.69, 9.17) is 4.84 Å². The third-order valence-corrected chi connectivity index (χ3v) is 3.25. The minimum atomic E-state index is -0.540. The number of non-ortho nitro benzene ring substituents is 1. The second kappa shape index (κ2) is 9.14. The van der Waals surface area contributed by atoms with Gasteiger partial charge in [0.15, 0.2) is 0 Å². The number of nitro groups is 1. The Morgan fingerprint density at radius 2 is 1.72 bits per heavy atom. The first-order valence-corrected chi connectivity index (χ1v) is 7.53. The molecule has 0 spiro atoms. The highest BCUT2D eigenvalue weighted by atomic mass is 16.7. The van der Waals surface area contributed by atoms with Gasteiger partial charge in [-0.1, -0.05) is 30.3 Å². The lowest BCUT2D eigenvalue weighted by Crippen LogP contribution is -2.30.